The fourth-order valence-corrected chi connectivity index (χ4v) is 2.80. The molecule has 0 saturated carbocycles. The molecule has 0 aliphatic heterocycles. The zero-order valence-corrected chi connectivity index (χ0v) is 13.1. The topological polar surface area (TPSA) is 71.3 Å². The van der Waals surface area contributed by atoms with Gasteiger partial charge in [0.1, 0.15) is 11.8 Å². The van der Waals surface area contributed by atoms with Gasteiger partial charge in [-0.05, 0) is 47.1 Å². The molecule has 0 fully saturated rings. The highest BCUT2D eigenvalue weighted by Crippen LogP contribution is 2.21. The first-order valence-electron chi connectivity index (χ1n) is 5.92. The van der Waals surface area contributed by atoms with E-state index in [1.165, 1.54) is 11.3 Å². The van der Waals surface area contributed by atoms with E-state index in [0.717, 1.165) is 3.79 Å². The lowest BCUT2D eigenvalue weighted by Crippen LogP contribution is -2.44. The van der Waals surface area contributed by atoms with Crippen molar-refractivity contribution < 1.29 is 14.0 Å². The van der Waals surface area contributed by atoms with Gasteiger partial charge in [0.2, 0.25) is 5.91 Å². The molecule has 1 unspecified atom stereocenters. The summed E-state index contributed by atoms with van der Waals surface area (Å²) in [6.07, 6.45) is 1.54. The van der Waals surface area contributed by atoms with Crippen molar-refractivity contribution in [3.63, 3.8) is 0 Å². The molecular weight excluding hydrogens is 344 g/mol. The second kappa shape index (κ2) is 6.71. The molecule has 0 spiro atoms. The van der Waals surface area contributed by atoms with Gasteiger partial charge in [-0.3, -0.25) is 9.59 Å². The SMILES string of the molecule is CC(NC(=O)c1ccc(Br)s1)C(=O)NCc1ccco1. The van der Waals surface area contributed by atoms with Crippen LogP contribution in [0, 0.1) is 0 Å². The standard InChI is InChI=1S/C13H13BrN2O3S/c1-8(12(17)15-7-9-3-2-6-19-9)16-13(18)10-4-5-11(14)20-10/h2-6,8H,7H2,1H3,(H,15,17)(H,16,18). The number of rotatable bonds is 5. The van der Waals surface area contributed by atoms with Crippen molar-refractivity contribution in [1.29, 1.82) is 0 Å². The summed E-state index contributed by atoms with van der Waals surface area (Å²) < 4.78 is 5.98. The number of carbonyl (C=O) groups is 2. The molecule has 2 rings (SSSR count). The summed E-state index contributed by atoms with van der Waals surface area (Å²) in [5, 5.41) is 5.34. The van der Waals surface area contributed by atoms with Crippen LogP contribution in [-0.4, -0.2) is 17.9 Å². The van der Waals surface area contributed by atoms with E-state index in [4.69, 9.17) is 4.42 Å². The lowest BCUT2D eigenvalue weighted by atomic mass is 10.3. The molecule has 106 valence electrons. The number of amides is 2. The minimum atomic E-state index is -0.613. The van der Waals surface area contributed by atoms with Crippen LogP contribution >= 0.6 is 27.3 Å². The number of hydrogen-bond acceptors (Lipinski definition) is 4. The van der Waals surface area contributed by atoms with Crippen LogP contribution in [-0.2, 0) is 11.3 Å². The Morgan fingerprint density at radius 2 is 2.20 bits per heavy atom. The number of furan rings is 1. The van der Waals surface area contributed by atoms with Crippen molar-refractivity contribution in [1.82, 2.24) is 10.6 Å². The van der Waals surface area contributed by atoms with E-state index < -0.39 is 6.04 Å². The van der Waals surface area contributed by atoms with Gasteiger partial charge in [0.15, 0.2) is 0 Å². The van der Waals surface area contributed by atoms with Gasteiger partial charge in [-0.1, -0.05) is 0 Å². The maximum atomic E-state index is 11.9. The van der Waals surface area contributed by atoms with Crippen LogP contribution in [0.5, 0.6) is 0 Å². The Morgan fingerprint density at radius 3 is 2.80 bits per heavy atom. The average molecular weight is 357 g/mol. The molecule has 2 N–H and O–H groups in total. The van der Waals surface area contributed by atoms with Crippen molar-refractivity contribution in [2.45, 2.75) is 19.5 Å². The quantitative estimate of drug-likeness (QED) is 0.864. The second-order valence-electron chi connectivity index (χ2n) is 4.10. The number of thiophene rings is 1. The summed E-state index contributed by atoms with van der Waals surface area (Å²) in [5.41, 5.74) is 0. The van der Waals surface area contributed by atoms with E-state index in [1.54, 1.807) is 37.5 Å². The van der Waals surface area contributed by atoms with Crippen LogP contribution < -0.4 is 10.6 Å². The van der Waals surface area contributed by atoms with Crippen molar-refractivity contribution in [2.75, 3.05) is 0 Å². The van der Waals surface area contributed by atoms with Crippen molar-refractivity contribution in [3.8, 4) is 0 Å². The fourth-order valence-electron chi connectivity index (χ4n) is 1.51. The van der Waals surface area contributed by atoms with Gasteiger partial charge in [0.25, 0.3) is 5.91 Å². The monoisotopic (exact) mass is 356 g/mol. The van der Waals surface area contributed by atoms with E-state index in [-0.39, 0.29) is 11.8 Å². The molecule has 2 heterocycles. The molecule has 2 amide bonds. The third kappa shape index (κ3) is 3.94. The normalized spacial score (nSPS) is 11.9. The van der Waals surface area contributed by atoms with Gasteiger partial charge >= 0.3 is 0 Å². The highest BCUT2D eigenvalue weighted by Gasteiger charge is 2.17. The van der Waals surface area contributed by atoms with E-state index in [2.05, 4.69) is 26.6 Å². The van der Waals surface area contributed by atoms with Crippen LogP contribution in [0.3, 0.4) is 0 Å². The Balaban J connectivity index is 1.83. The molecular formula is C13H13BrN2O3S. The maximum Gasteiger partial charge on any atom is 0.262 e. The first-order valence-corrected chi connectivity index (χ1v) is 7.53. The first-order chi connectivity index (χ1) is 9.56. The molecule has 5 nitrogen and oxygen atoms in total. The maximum absolute atomic E-state index is 11.9. The molecule has 1 atom stereocenters. The lowest BCUT2D eigenvalue weighted by molar-refractivity contribution is -0.122. The molecule has 0 bridgehead atoms. The third-order valence-corrected chi connectivity index (χ3v) is 4.18. The molecule has 7 heteroatoms. The number of carbonyl (C=O) groups excluding carboxylic acids is 2. The second-order valence-corrected chi connectivity index (χ2v) is 6.56. The molecule has 0 aromatic carbocycles. The highest BCUT2D eigenvalue weighted by molar-refractivity contribution is 9.11. The largest absolute Gasteiger partial charge is 0.467 e. The summed E-state index contributed by atoms with van der Waals surface area (Å²) in [6, 6.07) is 6.41. The van der Waals surface area contributed by atoms with Crippen LogP contribution in [0.2, 0.25) is 0 Å². The minimum absolute atomic E-state index is 0.259. The van der Waals surface area contributed by atoms with Crippen LogP contribution in [0.1, 0.15) is 22.4 Å². The van der Waals surface area contributed by atoms with Crippen LogP contribution in [0.4, 0.5) is 0 Å². The van der Waals surface area contributed by atoms with E-state index in [9.17, 15) is 9.59 Å². The third-order valence-electron chi connectivity index (χ3n) is 2.55. The Hall–Kier alpha value is -1.60. The number of hydrogen-bond donors (Lipinski definition) is 2. The molecule has 2 aromatic heterocycles. The molecule has 0 radical (unpaired) electrons. The zero-order valence-electron chi connectivity index (χ0n) is 10.7. The van der Waals surface area contributed by atoms with Gasteiger partial charge in [-0.25, -0.2) is 0 Å². The Morgan fingerprint density at radius 1 is 1.40 bits per heavy atom. The molecule has 0 saturated heterocycles. The van der Waals surface area contributed by atoms with Crippen molar-refractivity contribution >= 4 is 39.1 Å². The Labute approximate surface area is 128 Å². The van der Waals surface area contributed by atoms with E-state index in [1.807, 2.05) is 0 Å². The summed E-state index contributed by atoms with van der Waals surface area (Å²) in [7, 11) is 0. The summed E-state index contributed by atoms with van der Waals surface area (Å²) >= 11 is 4.61. The number of halogens is 1. The van der Waals surface area contributed by atoms with E-state index in [0.29, 0.717) is 17.2 Å². The molecule has 20 heavy (non-hydrogen) atoms. The van der Waals surface area contributed by atoms with Gasteiger partial charge < -0.3 is 15.1 Å². The van der Waals surface area contributed by atoms with E-state index >= 15 is 0 Å². The Kier molecular flexibility index (Phi) is 4.97. The highest BCUT2D eigenvalue weighted by atomic mass is 79.9. The van der Waals surface area contributed by atoms with Gasteiger partial charge in [-0.2, -0.15) is 0 Å². The predicted molar refractivity (Wildman–Crippen MR) is 79.5 cm³/mol. The summed E-state index contributed by atoms with van der Waals surface area (Å²) in [4.78, 5) is 24.3. The van der Waals surface area contributed by atoms with Gasteiger partial charge in [-0.15, -0.1) is 11.3 Å². The van der Waals surface area contributed by atoms with Gasteiger partial charge in [0, 0.05) is 0 Å². The fraction of sp³-hybridized carbons (Fsp3) is 0.231. The Bertz CT molecular complexity index is 595. The zero-order chi connectivity index (χ0) is 14.5. The van der Waals surface area contributed by atoms with Crippen molar-refractivity contribution in [2.24, 2.45) is 0 Å². The molecule has 2 aromatic rings. The smallest absolute Gasteiger partial charge is 0.262 e. The van der Waals surface area contributed by atoms with Crippen molar-refractivity contribution in [3.05, 3.63) is 45.0 Å². The molecule has 0 aliphatic carbocycles. The number of nitrogens with one attached hydrogen (secondary N) is 2. The van der Waals surface area contributed by atoms with Crippen LogP contribution in [0.15, 0.2) is 38.7 Å². The summed E-state index contributed by atoms with van der Waals surface area (Å²) in [5.74, 6) is 0.144. The average Bonchev–Trinajstić information content (AvgIpc) is 3.06. The van der Waals surface area contributed by atoms with Crippen LogP contribution in [0.25, 0.3) is 0 Å². The predicted octanol–water partition coefficient (Wildman–Crippen LogP) is 2.54. The van der Waals surface area contributed by atoms with Gasteiger partial charge in [0.05, 0.1) is 21.5 Å². The minimum Gasteiger partial charge on any atom is -0.467 e. The molecule has 0 aliphatic rings. The summed E-state index contributed by atoms with van der Waals surface area (Å²) in [6.45, 7) is 1.94. The first kappa shape index (κ1) is 14.8. The lowest BCUT2D eigenvalue weighted by Gasteiger charge is -2.12.